The second kappa shape index (κ2) is 4.52. The summed E-state index contributed by atoms with van der Waals surface area (Å²) < 4.78 is 25.2. The quantitative estimate of drug-likeness (QED) is 0.822. The van der Waals surface area contributed by atoms with Gasteiger partial charge in [0.05, 0.1) is 17.0 Å². The third kappa shape index (κ3) is 2.39. The third-order valence-electron chi connectivity index (χ3n) is 3.99. The van der Waals surface area contributed by atoms with Crippen LogP contribution in [-0.2, 0) is 15.4 Å². The molecule has 7 nitrogen and oxygen atoms in total. The van der Waals surface area contributed by atoms with E-state index in [9.17, 15) is 8.42 Å². The molecule has 1 atom stereocenters. The minimum Gasteiger partial charge on any atom is -0.399 e. The van der Waals surface area contributed by atoms with Gasteiger partial charge in [-0.25, -0.2) is 13.1 Å². The summed E-state index contributed by atoms with van der Waals surface area (Å²) in [6.45, 7) is 3.79. The summed E-state index contributed by atoms with van der Waals surface area (Å²) in [4.78, 5) is 0. The number of aryl methyl sites for hydroxylation is 1. The number of benzene rings is 1. The van der Waals surface area contributed by atoms with Gasteiger partial charge in [0.1, 0.15) is 0 Å². The summed E-state index contributed by atoms with van der Waals surface area (Å²) in [7, 11) is -3.03. The number of hydrogen-bond acceptors (Lipinski definition) is 6. The number of rotatable bonds is 2. The van der Waals surface area contributed by atoms with Crippen LogP contribution < -0.4 is 5.73 Å². The molecular weight excluding hydrogens is 290 g/mol. The zero-order valence-corrected chi connectivity index (χ0v) is 12.8. The topological polar surface area (TPSA) is 104 Å². The van der Waals surface area contributed by atoms with Crippen molar-refractivity contribution in [3.05, 3.63) is 23.8 Å². The van der Waals surface area contributed by atoms with Gasteiger partial charge in [-0.2, -0.15) is 0 Å². The molecule has 1 unspecified atom stereocenters. The monoisotopic (exact) mass is 307 g/mol. The highest BCUT2D eigenvalue weighted by Gasteiger charge is 2.42. The molecule has 0 radical (unpaired) electrons. The maximum atomic E-state index is 11.8. The highest BCUT2D eigenvalue weighted by atomic mass is 32.2. The number of nitrogen functional groups attached to an aromatic ring is 1. The minimum absolute atomic E-state index is 0.0615. The van der Waals surface area contributed by atoms with Crippen LogP contribution >= 0.6 is 0 Å². The highest BCUT2D eigenvalue weighted by molar-refractivity contribution is 7.91. The number of anilines is 1. The van der Waals surface area contributed by atoms with Crippen LogP contribution in [0.2, 0.25) is 0 Å². The fourth-order valence-corrected chi connectivity index (χ4v) is 4.82. The molecule has 0 spiro atoms. The van der Waals surface area contributed by atoms with E-state index in [2.05, 4.69) is 15.5 Å². The zero-order chi connectivity index (χ0) is 15.3. The van der Waals surface area contributed by atoms with Gasteiger partial charge < -0.3 is 5.73 Å². The predicted molar refractivity (Wildman–Crippen MR) is 79.3 cm³/mol. The van der Waals surface area contributed by atoms with Gasteiger partial charge in [0.25, 0.3) is 0 Å². The van der Waals surface area contributed by atoms with Gasteiger partial charge >= 0.3 is 0 Å². The van der Waals surface area contributed by atoms with E-state index in [-0.39, 0.29) is 11.5 Å². The van der Waals surface area contributed by atoms with Gasteiger partial charge in [0.15, 0.2) is 15.7 Å². The smallest absolute Gasteiger partial charge is 0.182 e. The number of tetrazole rings is 1. The molecule has 1 aromatic heterocycles. The molecule has 0 saturated carbocycles. The van der Waals surface area contributed by atoms with Crippen LogP contribution in [0, 0.1) is 6.92 Å². The van der Waals surface area contributed by atoms with Crippen LogP contribution in [0.1, 0.15) is 18.9 Å². The number of nitrogens with zero attached hydrogens (tertiary/aromatic N) is 4. The van der Waals surface area contributed by atoms with Crippen molar-refractivity contribution in [1.82, 2.24) is 20.2 Å². The normalized spacial score (nSPS) is 24.3. The van der Waals surface area contributed by atoms with Crippen molar-refractivity contribution in [2.24, 2.45) is 0 Å². The van der Waals surface area contributed by atoms with Gasteiger partial charge in [-0.15, -0.1) is 5.10 Å². The fourth-order valence-electron chi connectivity index (χ4n) is 2.71. The highest BCUT2D eigenvalue weighted by Crippen LogP contribution is 2.33. The van der Waals surface area contributed by atoms with Crippen molar-refractivity contribution in [2.75, 3.05) is 17.2 Å². The van der Waals surface area contributed by atoms with Gasteiger partial charge in [-0.1, -0.05) is 0 Å². The first-order valence-corrected chi connectivity index (χ1v) is 8.49. The van der Waals surface area contributed by atoms with E-state index in [4.69, 9.17) is 5.73 Å². The molecule has 1 saturated heterocycles. The molecule has 2 heterocycles. The zero-order valence-electron chi connectivity index (χ0n) is 11.9. The Bertz CT molecular complexity index is 799. The van der Waals surface area contributed by atoms with Gasteiger partial charge in [0.2, 0.25) is 0 Å². The Morgan fingerprint density at radius 3 is 2.76 bits per heavy atom. The van der Waals surface area contributed by atoms with Crippen LogP contribution in [0.5, 0.6) is 0 Å². The van der Waals surface area contributed by atoms with Crippen molar-refractivity contribution >= 4 is 15.5 Å². The Labute approximate surface area is 123 Å². The number of sulfone groups is 1. The lowest BCUT2D eigenvalue weighted by Gasteiger charge is -2.23. The second-order valence-electron chi connectivity index (χ2n) is 5.82. The largest absolute Gasteiger partial charge is 0.399 e. The summed E-state index contributed by atoms with van der Waals surface area (Å²) in [6, 6.07) is 5.55. The average molecular weight is 307 g/mol. The third-order valence-corrected chi connectivity index (χ3v) is 5.88. The Hall–Kier alpha value is -1.96. The first kappa shape index (κ1) is 14.0. The molecule has 0 amide bonds. The molecule has 2 N–H and O–H groups in total. The summed E-state index contributed by atoms with van der Waals surface area (Å²) in [5.41, 5.74) is 7.69. The molecule has 0 aliphatic carbocycles. The molecule has 1 fully saturated rings. The van der Waals surface area contributed by atoms with E-state index < -0.39 is 15.4 Å². The Morgan fingerprint density at radius 1 is 1.38 bits per heavy atom. The molecule has 112 valence electrons. The van der Waals surface area contributed by atoms with Crippen molar-refractivity contribution in [3.63, 3.8) is 0 Å². The van der Waals surface area contributed by atoms with E-state index in [1.54, 1.807) is 10.7 Å². The first-order chi connectivity index (χ1) is 9.81. The molecule has 21 heavy (non-hydrogen) atoms. The Morgan fingerprint density at radius 2 is 2.14 bits per heavy atom. The Balaban J connectivity index is 2.07. The SMILES string of the molecule is Cc1cc(-c2nnnn2C2(C)CCS(=O)(=O)C2)ccc1N. The van der Waals surface area contributed by atoms with Crippen molar-refractivity contribution in [1.29, 1.82) is 0 Å². The second-order valence-corrected chi connectivity index (χ2v) is 8.01. The summed E-state index contributed by atoms with van der Waals surface area (Å²) in [6.07, 6.45) is 0.515. The van der Waals surface area contributed by atoms with Crippen LogP contribution in [0.4, 0.5) is 5.69 Å². The lowest BCUT2D eigenvalue weighted by atomic mass is 10.0. The van der Waals surface area contributed by atoms with Crippen LogP contribution in [0.3, 0.4) is 0 Å². The van der Waals surface area contributed by atoms with E-state index in [0.717, 1.165) is 11.1 Å². The molecule has 8 heteroatoms. The van der Waals surface area contributed by atoms with E-state index >= 15 is 0 Å². The molecule has 1 aliphatic rings. The van der Waals surface area contributed by atoms with Crippen LogP contribution in [0.15, 0.2) is 18.2 Å². The number of hydrogen-bond donors (Lipinski definition) is 1. The molecule has 1 aliphatic heterocycles. The summed E-state index contributed by atoms with van der Waals surface area (Å²) in [5.74, 6) is 0.799. The molecule has 3 rings (SSSR count). The van der Waals surface area contributed by atoms with E-state index in [1.807, 2.05) is 26.0 Å². The first-order valence-electron chi connectivity index (χ1n) is 6.67. The van der Waals surface area contributed by atoms with Crippen molar-refractivity contribution in [3.8, 4) is 11.4 Å². The summed E-state index contributed by atoms with van der Waals surface area (Å²) in [5, 5.41) is 11.8. The maximum absolute atomic E-state index is 11.8. The Kier molecular flexibility index (Phi) is 3.01. The minimum atomic E-state index is -3.03. The molecular formula is C13H17N5O2S. The van der Waals surface area contributed by atoms with Gasteiger partial charge in [-0.3, -0.25) is 0 Å². The van der Waals surface area contributed by atoms with E-state index in [1.165, 1.54) is 0 Å². The van der Waals surface area contributed by atoms with Gasteiger partial charge in [-0.05, 0) is 54.5 Å². The molecule has 1 aromatic carbocycles. The lowest BCUT2D eigenvalue weighted by Crippen LogP contribution is -2.33. The van der Waals surface area contributed by atoms with Gasteiger partial charge in [0, 0.05) is 11.3 Å². The van der Waals surface area contributed by atoms with Crippen molar-refractivity contribution < 1.29 is 8.42 Å². The van der Waals surface area contributed by atoms with Crippen LogP contribution in [-0.4, -0.2) is 40.1 Å². The standard InChI is InChI=1S/C13H17N5O2S/c1-9-7-10(3-4-11(9)14)12-15-16-17-18(12)13(2)5-6-21(19,20)8-13/h3-4,7H,5-6,8,14H2,1-2H3. The van der Waals surface area contributed by atoms with Crippen molar-refractivity contribution in [2.45, 2.75) is 25.8 Å². The molecule has 0 bridgehead atoms. The molecule has 2 aromatic rings. The lowest BCUT2D eigenvalue weighted by molar-refractivity contribution is 0.325. The maximum Gasteiger partial charge on any atom is 0.182 e. The number of aromatic nitrogens is 4. The fraction of sp³-hybridized carbons (Fsp3) is 0.462. The predicted octanol–water partition coefficient (Wildman–Crippen LogP) is 0.764. The number of nitrogens with two attached hydrogens (primary N) is 1. The summed E-state index contributed by atoms with van der Waals surface area (Å²) >= 11 is 0. The average Bonchev–Trinajstić information content (AvgIpc) is 2.98. The van der Waals surface area contributed by atoms with E-state index in [0.29, 0.717) is 17.9 Å². The van der Waals surface area contributed by atoms with Crippen LogP contribution in [0.25, 0.3) is 11.4 Å².